The smallest absolute Gasteiger partial charge is 0.384 e. The zero-order valence-corrected chi connectivity index (χ0v) is 71.5. The highest BCUT2D eigenvalue weighted by molar-refractivity contribution is 7.98. The molecule has 0 amide bonds. The summed E-state index contributed by atoms with van der Waals surface area (Å²) in [6.07, 6.45) is 21.0. The van der Waals surface area contributed by atoms with Gasteiger partial charge in [0.25, 0.3) is 0 Å². The number of esters is 5. The lowest BCUT2D eigenvalue weighted by atomic mass is 10.2. The molecular weight excluding hydrogens is 1630 g/mol. The number of phenols is 1. The third kappa shape index (κ3) is 80.6. The molecule has 646 valence electrons. The standard InChI is InChI=1S/C11H14O3S.C10H13O4P.C10H12O4.C10H12O3S.C8H8O2S.C7H7O3P.C6H9NO3.C3H3NO2.3C3H8O2.3C2H2/c1-13-7-8-14-11(12)9-3-5-10(15-2)6-4-9;1-12-6-7-13-10(11)8-2-4-9(14-15)5-3-8;1-13-6-7-14-10(12)8-2-4-9(11)5-3-8;1-12-6-7-13-10(11)8-2-4-9(14)5-3-8;1-11-7-4-2-6(3-5-7)8(9)10;8-7(9)5-1-3-6(10-11)4-2-5;1-9-4-5-10-6(8)2-3-7;1-4-2-3(5)6;3*1-5-3-2-4;3*1-2/h3-6H,7-8H2,1-2H3;2-5H,6-7,15H2,1H3;2-5,11H,6-7H2,1H3;2-5,14H,6-7H2,1H3;2-5H,1H3,(H,9,10);1-4H,11H2,(H,8,9);2,4-5H2,1H3;2H2,(H,5,6);3*4H,2-3H2,1H3;3*1-2H/i;;;;;;;;;;;3*1D. The largest absolute Gasteiger partial charge is 0.508 e. The Kier molecular flexibility index (Phi) is 93.0. The highest BCUT2D eigenvalue weighted by Gasteiger charge is 2.10. The third-order valence-corrected chi connectivity index (χ3v) is 13.6. The van der Waals surface area contributed by atoms with Crippen molar-refractivity contribution >= 4 is 103 Å². The lowest BCUT2D eigenvalue weighted by Crippen LogP contribution is -2.09. The van der Waals surface area contributed by atoms with Gasteiger partial charge in [0.2, 0.25) is 0 Å². The summed E-state index contributed by atoms with van der Waals surface area (Å²) in [4.78, 5) is 91.6. The van der Waals surface area contributed by atoms with Gasteiger partial charge in [0.05, 0.1) is 131 Å². The van der Waals surface area contributed by atoms with Crippen LogP contribution in [0.2, 0.25) is 0 Å². The van der Waals surface area contributed by atoms with Crippen LogP contribution in [-0.4, -0.2) is 265 Å². The molecule has 7 N–H and O–H groups in total. The average Bonchev–Trinajstić information content (AvgIpc) is 0.910. The van der Waals surface area contributed by atoms with Gasteiger partial charge in [-0.1, -0.05) is 0 Å². The molecule has 32 nitrogen and oxygen atoms in total. The number of aliphatic hydroxyl groups excluding tert-OH is 3. The Hall–Kier alpha value is -10.4. The van der Waals surface area contributed by atoms with Crippen molar-refractivity contribution in [1.29, 1.82) is 5.26 Å². The number of hydrogen-bond donors (Lipinski definition) is 8. The van der Waals surface area contributed by atoms with Crippen LogP contribution in [0, 0.1) is 56.4 Å². The Morgan fingerprint density at radius 3 is 0.872 bits per heavy atom. The second kappa shape index (κ2) is 94.5. The first-order valence-corrected chi connectivity index (χ1v) is 36.8. The van der Waals surface area contributed by atoms with Crippen molar-refractivity contribution in [2.24, 2.45) is 0 Å². The number of methoxy groups -OCH3 is 8. The quantitative estimate of drug-likeness (QED) is 0.00277. The minimum absolute atomic E-state index is 0.122. The summed E-state index contributed by atoms with van der Waals surface area (Å²) in [5.41, 5.74) is 2.61. The number of carboxylic acids is 3. The molecule has 0 radical (unpaired) electrons. The van der Waals surface area contributed by atoms with E-state index in [4.69, 9.17) is 98.6 Å². The van der Waals surface area contributed by atoms with Crippen LogP contribution in [0.15, 0.2) is 160 Å². The van der Waals surface area contributed by atoms with Crippen molar-refractivity contribution in [2.75, 3.05) is 182 Å². The van der Waals surface area contributed by atoms with Crippen molar-refractivity contribution < 1.29 is 149 Å². The lowest BCUT2D eigenvalue weighted by molar-refractivity contribution is -0.143. The van der Waals surface area contributed by atoms with E-state index in [1.807, 2.05) is 24.6 Å². The SMILES string of the molecule is COCCO.COCCO.COCCO.COCCOC(=O)CC#N.COCCOC(=O)c1ccc(O)cc1.COCCOC(=O)c1ccc(OP)cc1.COCCOC(=O)c1ccc(S)cc1.COCCOC(=O)c1ccc(SC)cc1.CSc1ccc(C(=O)O)cc1.O=C(O)c1ccc(OP)cc1.[2H]C#C.[2H]C#C.[2H]C#C.[C-]#[N+]CC(=O)O. The summed E-state index contributed by atoms with van der Waals surface area (Å²) in [7, 11) is 16.6. The Bertz CT molecular complexity index is 3510. The van der Waals surface area contributed by atoms with Gasteiger partial charge in [0, 0.05) is 71.6 Å². The highest BCUT2D eigenvalue weighted by Crippen LogP contribution is 2.18. The molecule has 6 rings (SSSR count). The van der Waals surface area contributed by atoms with Crippen LogP contribution in [0.4, 0.5) is 0 Å². The van der Waals surface area contributed by atoms with E-state index in [1.54, 1.807) is 169 Å². The first-order valence-electron chi connectivity index (χ1n) is 34.5. The summed E-state index contributed by atoms with van der Waals surface area (Å²) in [6.45, 7) is 10.5. The van der Waals surface area contributed by atoms with Crippen LogP contribution >= 0.6 is 55.1 Å². The number of rotatable bonds is 33. The normalized spacial score (nSPS) is 9.00. The predicted molar refractivity (Wildman–Crippen MR) is 453 cm³/mol. The maximum absolute atomic E-state index is 11.4. The minimum atomic E-state index is -1.06. The third-order valence-electron chi connectivity index (χ3n) is 11.3. The second-order valence-corrected chi connectivity index (χ2v) is 22.1. The Labute approximate surface area is 708 Å². The number of carbonyl (C=O) groups is 8. The highest BCUT2D eigenvalue weighted by atomic mass is 32.2. The maximum atomic E-state index is 11.4. The fraction of sp³-hybridized carbons (Fsp3) is 0.350. The van der Waals surface area contributed by atoms with Gasteiger partial charge in [0.1, 0.15) is 60.8 Å². The zero-order valence-electron chi connectivity index (χ0n) is 69.6. The van der Waals surface area contributed by atoms with Gasteiger partial charge in [-0.2, -0.15) is 5.26 Å². The number of thiol groups is 1. The molecule has 0 saturated carbocycles. The van der Waals surface area contributed by atoms with E-state index in [1.165, 1.54) is 69.8 Å². The fourth-order valence-electron chi connectivity index (χ4n) is 5.90. The molecule has 0 aliphatic carbocycles. The van der Waals surface area contributed by atoms with E-state index in [9.17, 15) is 38.4 Å². The molecule has 0 aromatic heterocycles. The number of phenolic OH excluding ortho intramolecular Hbond substituents is 1. The molecule has 0 aliphatic rings. The van der Waals surface area contributed by atoms with E-state index >= 15 is 0 Å². The Morgan fingerprint density at radius 2 is 0.667 bits per heavy atom. The number of nitriles is 1. The second-order valence-electron chi connectivity index (χ2n) is 19.4. The van der Waals surface area contributed by atoms with Crippen LogP contribution in [0.3, 0.4) is 0 Å². The molecule has 0 bridgehead atoms. The number of benzene rings is 6. The number of hydrogen-bond acceptors (Lipinski definition) is 31. The minimum Gasteiger partial charge on any atom is -0.508 e. The van der Waals surface area contributed by atoms with Gasteiger partial charge in [-0.3, -0.25) is 4.79 Å². The van der Waals surface area contributed by atoms with Crippen LogP contribution < -0.4 is 9.05 Å². The summed E-state index contributed by atoms with van der Waals surface area (Å²) < 4.78 is 88.1. The Balaban J connectivity index is -0.000000193. The molecule has 2 unspecified atom stereocenters. The zero-order chi connectivity index (χ0) is 92.8. The number of carboxylic acid groups (broad SMARTS) is 3. The molecule has 0 heterocycles. The summed E-state index contributed by atoms with van der Waals surface area (Å²) >= 11 is 7.35. The number of nitrogens with zero attached hydrogens (tertiary/aromatic N) is 2. The van der Waals surface area contributed by atoms with Crippen molar-refractivity contribution in [3.8, 4) is 61.8 Å². The number of terminal acetylenes is 3. The number of aliphatic carboxylic acids is 1. The number of aliphatic hydroxyl groups is 3. The van der Waals surface area contributed by atoms with Crippen LogP contribution in [0.1, 0.15) is 72.7 Å². The van der Waals surface area contributed by atoms with Gasteiger partial charge in [-0.05, 0) is 158 Å². The lowest BCUT2D eigenvalue weighted by Gasteiger charge is -2.04. The van der Waals surface area contributed by atoms with Gasteiger partial charge in [-0.25, -0.2) is 40.1 Å². The van der Waals surface area contributed by atoms with E-state index in [0.717, 1.165) is 14.7 Å². The first kappa shape index (κ1) is 115. The van der Waals surface area contributed by atoms with Crippen molar-refractivity contribution in [1.82, 2.24) is 0 Å². The first-order chi connectivity index (χ1) is 57.6. The number of ether oxygens (including phenoxy) is 13. The van der Waals surface area contributed by atoms with Gasteiger partial charge < -0.3 is 111 Å². The predicted octanol–water partition coefficient (Wildman–Crippen LogP) is 10.2. The van der Waals surface area contributed by atoms with Crippen molar-refractivity contribution in [3.63, 3.8) is 0 Å². The molecule has 0 saturated heterocycles. The molecule has 6 aromatic rings. The van der Waals surface area contributed by atoms with Crippen LogP contribution in [0.5, 0.6) is 17.2 Å². The summed E-state index contributed by atoms with van der Waals surface area (Å²) in [5, 5.41) is 65.6. The van der Waals surface area contributed by atoms with E-state index in [0.29, 0.717) is 98.8 Å². The van der Waals surface area contributed by atoms with Crippen molar-refractivity contribution in [2.45, 2.75) is 21.1 Å². The van der Waals surface area contributed by atoms with E-state index < -0.39 is 36.4 Å². The molecule has 0 spiro atoms. The van der Waals surface area contributed by atoms with Crippen LogP contribution in [-0.2, 0) is 71.2 Å². The number of thioether (sulfide) groups is 2. The summed E-state index contributed by atoms with van der Waals surface area (Å²) in [6, 6.07) is 41.4. The van der Waals surface area contributed by atoms with Crippen molar-refractivity contribution in [3.05, 3.63) is 190 Å². The van der Waals surface area contributed by atoms with Gasteiger partial charge >= 0.3 is 54.3 Å². The average molecular weight is 1740 g/mol. The van der Waals surface area contributed by atoms with E-state index in [-0.39, 0.29) is 81.9 Å². The van der Waals surface area contributed by atoms with Crippen LogP contribution in [0.25, 0.3) is 4.85 Å². The number of aromatic carboxylic acids is 2. The molecule has 0 fully saturated rings. The summed E-state index contributed by atoms with van der Waals surface area (Å²) in [5.74, 6) is -3.37. The monoisotopic (exact) mass is 1740 g/mol. The Morgan fingerprint density at radius 1 is 0.427 bits per heavy atom. The molecule has 2 atom stereocenters. The number of carbonyl (C=O) groups excluding carboxylic acids is 5. The molecular formula is C80H108N2O30P2S3. The van der Waals surface area contributed by atoms with Gasteiger partial charge in [-0.15, -0.1) is 74.6 Å². The molecule has 37 heteroatoms. The maximum Gasteiger partial charge on any atom is 0.384 e. The molecule has 6 aromatic carbocycles. The van der Waals surface area contributed by atoms with E-state index in [2.05, 4.69) is 79.4 Å². The fourth-order valence-corrected chi connectivity index (χ4v) is 7.18. The molecule has 0 aliphatic heterocycles. The number of aromatic hydroxyl groups is 1. The topological polar surface area (TPSA) is 445 Å². The van der Waals surface area contributed by atoms with Gasteiger partial charge in [0.15, 0.2) is 0 Å². The molecule has 117 heavy (non-hydrogen) atoms.